The quantitative estimate of drug-likeness (QED) is 0.685. The summed E-state index contributed by atoms with van der Waals surface area (Å²) >= 11 is 2.02. The molecule has 0 unspecified atom stereocenters. The molecule has 0 radical (unpaired) electrons. The predicted molar refractivity (Wildman–Crippen MR) is 119 cm³/mol. The van der Waals surface area contributed by atoms with E-state index in [9.17, 15) is 4.79 Å². The number of rotatable bonds is 7. The predicted octanol–water partition coefficient (Wildman–Crippen LogP) is 3.01. The minimum Gasteiger partial charge on any atom is -0.492 e. The summed E-state index contributed by atoms with van der Waals surface area (Å²) in [6.07, 6.45) is 1.78. The van der Waals surface area contributed by atoms with Crippen molar-refractivity contribution in [1.82, 2.24) is 4.90 Å². The largest absolute Gasteiger partial charge is 0.492 e. The summed E-state index contributed by atoms with van der Waals surface area (Å²) in [5.41, 5.74) is 1.68. The normalized spacial score (nSPS) is 18.3. The monoisotopic (exact) mass is 418 g/mol. The average Bonchev–Trinajstić information content (AvgIpc) is 2.76. The van der Waals surface area contributed by atoms with Crippen LogP contribution >= 0.6 is 11.8 Å². The van der Waals surface area contributed by atoms with E-state index in [1.807, 2.05) is 23.9 Å². The van der Waals surface area contributed by atoms with Crippen molar-refractivity contribution in [2.75, 3.05) is 69.0 Å². The Bertz CT molecular complexity index is 873. The molecule has 0 N–H and O–H groups in total. The lowest BCUT2D eigenvalue weighted by atomic mass is 10.0. The van der Waals surface area contributed by atoms with Gasteiger partial charge in [-0.25, -0.2) is 0 Å². The third-order valence-electron chi connectivity index (χ3n) is 5.54. The van der Waals surface area contributed by atoms with E-state index in [0.29, 0.717) is 36.7 Å². The molecule has 2 fully saturated rings. The molecule has 2 aliphatic rings. The van der Waals surface area contributed by atoms with Gasteiger partial charge in [-0.2, -0.15) is 11.8 Å². The summed E-state index contributed by atoms with van der Waals surface area (Å²) in [6.45, 7) is 8.77. The Morgan fingerprint density at radius 1 is 1.14 bits per heavy atom. The van der Waals surface area contributed by atoms with Gasteiger partial charge in [-0.3, -0.25) is 9.69 Å². The molecule has 3 heterocycles. The number of thioether (sulfide) groups is 1. The van der Waals surface area contributed by atoms with Crippen molar-refractivity contribution in [3.63, 3.8) is 0 Å². The fourth-order valence-electron chi connectivity index (χ4n) is 3.92. The second-order valence-electron chi connectivity index (χ2n) is 7.52. The Hall–Kier alpha value is -1.70. The maximum Gasteiger partial charge on any atom is 0.200 e. The van der Waals surface area contributed by atoms with E-state index in [1.165, 1.54) is 11.5 Å². The van der Waals surface area contributed by atoms with Crippen molar-refractivity contribution in [3.8, 4) is 5.75 Å². The molecule has 6 nitrogen and oxygen atoms in total. The zero-order valence-electron chi connectivity index (χ0n) is 17.2. The lowest BCUT2D eigenvalue weighted by Crippen LogP contribution is -2.36. The highest BCUT2D eigenvalue weighted by molar-refractivity contribution is 7.99. The summed E-state index contributed by atoms with van der Waals surface area (Å²) in [6, 6.07) is 5.39. The van der Waals surface area contributed by atoms with Gasteiger partial charge in [0.2, 0.25) is 0 Å². The third-order valence-corrected chi connectivity index (χ3v) is 6.48. The molecule has 1 aromatic carbocycles. The summed E-state index contributed by atoms with van der Waals surface area (Å²) < 4.78 is 17.9. The highest BCUT2D eigenvalue weighted by Gasteiger charge is 2.19. The third kappa shape index (κ3) is 4.90. The highest BCUT2D eigenvalue weighted by Crippen LogP contribution is 2.31. The summed E-state index contributed by atoms with van der Waals surface area (Å²) in [5.74, 6) is 3.87. The van der Waals surface area contributed by atoms with Gasteiger partial charge in [0.1, 0.15) is 17.9 Å². The van der Waals surface area contributed by atoms with Gasteiger partial charge in [0, 0.05) is 55.9 Å². The minimum atomic E-state index is 0.00228. The molecule has 29 heavy (non-hydrogen) atoms. The second-order valence-corrected chi connectivity index (χ2v) is 8.74. The maximum atomic E-state index is 12.8. The van der Waals surface area contributed by atoms with Crippen LogP contribution in [0.3, 0.4) is 0 Å². The molecule has 1 aromatic heterocycles. The fourth-order valence-corrected chi connectivity index (χ4v) is 4.89. The molecule has 0 bridgehead atoms. The van der Waals surface area contributed by atoms with Crippen molar-refractivity contribution < 1.29 is 13.9 Å². The number of morpholine rings is 1. The number of fused-ring (bicyclic) bond motifs is 1. The van der Waals surface area contributed by atoms with Crippen LogP contribution < -0.4 is 15.1 Å². The van der Waals surface area contributed by atoms with Crippen LogP contribution in [0.5, 0.6) is 5.75 Å². The van der Waals surface area contributed by atoms with Gasteiger partial charge in [0.25, 0.3) is 0 Å². The molecular weight excluding hydrogens is 388 g/mol. The van der Waals surface area contributed by atoms with E-state index in [2.05, 4.69) is 16.7 Å². The van der Waals surface area contributed by atoms with Crippen LogP contribution in [-0.4, -0.2) is 69.0 Å². The standard InChI is InChI=1S/C22H30N2O4S/c1-2-3-18-20(27-13-6-23-9-14-29-15-10-23)5-4-17-19(25)16-21(28-22(17)18)24-7-11-26-12-8-24/h4-5,16H,2-3,6-15H2,1H3. The van der Waals surface area contributed by atoms with Crippen molar-refractivity contribution in [2.45, 2.75) is 19.8 Å². The molecule has 2 saturated heterocycles. The van der Waals surface area contributed by atoms with Crippen molar-refractivity contribution in [2.24, 2.45) is 0 Å². The zero-order valence-corrected chi connectivity index (χ0v) is 18.0. The number of anilines is 1. The fraction of sp³-hybridized carbons (Fsp3) is 0.591. The van der Waals surface area contributed by atoms with Gasteiger partial charge in [0.05, 0.1) is 18.6 Å². The number of aryl methyl sites for hydroxylation is 1. The first kappa shape index (κ1) is 20.6. The number of hydrogen-bond acceptors (Lipinski definition) is 7. The van der Waals surface area contributed by atoms with Crippen LogP contribution in [0.4, 0.5) is 5.88 Å². The molecular formula is C22H30N2O4S. The highest BCUT2D eigenvalue weighted by atomic mass is 32.2. The van der Waals surface area contributed by atoms with E-state index in [0.717, 1.165) is 56.9 Å². The van der Waals surface area contributed by atoms with Crippen LogP contribution in [0.1, 0.15) is 18.9 Å². The van der Waals surface area contributed by atoms with Gasteiger partial charge in [-0.15, -0.1) is 0 Å². The molecule has 0 spiro atoms. The van der Waals surface area contributed by atoms with Gasteiger partial charge in [-0.05, 0) is 18.6 Å². The van der Waals surface area contributed by atoms with Gasteiger partial charge < -0.3 is 18.8 Å². The second kappa shape index (κ2) is 9.87. The molecule has 2 aliphatic heterocycles. The van der Waals surface area contributed by atoms with Gasteiger partial charge in [-0.1, -0.05) is 13.3 Å². The Morgan fingerprint density at radius 2 is 1.93 bits per heavy atom. The summed E-state index contributed by atoms with van der Waals surface area (Å²) in [5, 5.41) is 0.630. The Labute approximate surface area is 176 Å². The number of nitrogens with zero attached hydrogens (tertiary/aromatic N) is 2. The maximum absolute atomic E-state index is 12.8. The first-order valence-electron chi connectivity index (χ1n) is 10.6. The van der Waals surface area contributed by atoms with E-state index in [-0.39, 0.29) is 5.43 Å². The Morgan fingerprint density at radius 3 is 2.69 bits per heavy atom. The van der Waals surface area contributed by atoms with Crippen molar-refractivity contribution in [3.05, 3.63) is 34.0 Å². The molecule has 0 aliphatic carbocycles. The first-order valence-corrected chi connectivity index (χ1v) is 11.8. The average molecular weight is 419 g/mol. The molecule has 0 atom stereocenters. The van der Waals surface area contributed by atoms with Crippen LogP contribution in [0.2, 0.25) is 0 Å². The topological polar surface area (TPSA) is 55.2 Å². The van der Waals surface area contributed by atoms with Crippen LogP contribution in [0.25, 0.3) is 11.0 Å². The van der Waals surface area contributed by atoms with Gasteiger partial charge in [0.15, 0.2) is 11.3 Å². The molecule has 158 valence electrons. The number of hydrogen-bond donors (Lipinski definition) is 0. The van der Waals surface area contributed by atoms with Crippen molar-refractivity contribution in [1.29, 1.82) is 0 Å². The van der Waals surface area contributed by atoms with E-state index >= 15 is 0 Å². The van der Waals surface area contributed by atoms with Crippen LogP contribution in [0, 0.1) is 0 Å². The lowest BCUT2D eigenvalue weighted by molar-refractivity contribution is 0.121. The SMILES string of the molecule is CCCc1c(OCCN2CCSCC2)ccc2c(=O)cc(N3CCOCC3)oc12. The molecule has 7 heteroatoms. The molecule has 0 saturated carbocycles. The lowest BCUT2D eigenvalue weighted by Gasteiger charge is -2.27. The minimum absolute atomic E-state index is 0.00228. The molecule has 0 amide bonds. The number of ether oxygens (including phenoxy) is 2. The van der Waals surface area contributed by atoms with Gasteiger partial charge >= 0.3 is 0 Å². The van der Waals surface area contributed by atoms with E-state index in [4.69, 9.17) is 13.9 Å². The first-order chi connectivity index (χ1) is 14.3. The number of benzene rings is 1. The molecule has 2 aromatic rings. The summed E-state index contributed by atoms with van der Waals surface area (Å²) in [4.78, 5) is 17.3. The van der Waals surface area contributed by atoms with E-state index < -0.39 is 0 Å². The smallest absolute Gasteiger partial charge is 0.200 e. The zero-order chi connectivity index (χ0) is 20.1. The van der Waals surface area contributed by atoms with Crippen molar-refractivity contribution >= 4 is 28.6 Å². The Balaban J connectivity index is 1.59. The summed E-state index contributed by atoms with van der Waals surface area (Å²) in [7, 11) is 0. The van der Waals surface area contributed by atoms with Crippen LogP contribution in [-0.2, 0) is 11.2 Å². The van der Waals surface area contributed by atoms with E-state index in [1.54, 1.807) is 6.07 Å². The molecule has 4 rings (SSSR count). The Kier molecular flexibility index (Phi) is 7.00. The van der Waals surface area contributed by atoms with Crippen LogP contribution in [0.15, 0.2) is 27.4 Å².